The molecule has 0 bridgehead atoms. The van der Waals surface area contributed by atoms with E-state index in [1.165, 1.54) is 0 Å². The number of hydrogen-bond acceptors (Lipinski definition) is 5. The number of likely N-dealkylation sites (N-methyl/N-ethyl adjacent to an activating group) is 1. The van der Waals surface area contributed by atoms with Crippen LogP contribution in [0.3, 0.4) is 0 Å². The number of rotatable bonds is 2. The normalized spacial score (nSPS) is 19.6. The van der Waals surface area contributed by atoms with Crippen molar-refractivity contribution in [1.82, 2.24) is 5.32 Å². The van der Waals surface area contributed by atoms with Gasteiger partial charge in [0.15, 0.2) is 0 Å². The van der Waals surface area contributed by atoms with E-state index in [1.807, 2.05) is 11.0 Å². The maximum atomic E-state index is 11.8. The summed E-state index contributed by atoms with van der Waals surface area (Å²) < 4.78 is 5.35. The number of amides is 1. The summed E-state index contributed by atoms with van der Waals surface area (Å²) in [4.78, 5) is 13.8. The van der Waals surface area contributed by atoms with Crippen LogP contribution in [0.25, 0.3) is 0 Å². The van der Waals surface area contributed by atoms with Gasteiger partial charge in [-0.05, 0) is 18.2 Å². The van der Waals surface area contributed by atoms with Crippen molar-refractivity contribution < 1.29 is 9.53 Å². The summed E-state index contributed by atoms with van der Waals surface area (Å²) in [6.45, 7) is 1.63. The lowest BCUT2D eigenvalue weighted by Gasteiger charge is -2.36. The van der Waals surface area contributed by atoms with Gasteiger partial charge in [0.05, 0.1) is 24.6 Å². The summed E-state index contributed by atoms with van der Waals surface area (Å²) in [6.07, 6.45) is 0. The molecule has 1 aromatic rings. The van der Waals surface area contributed by atoms with Gasteiger partial charge in [0.2, 0.25) is 5.91 Å². The zero-order valence-corrected chi connectivity index (χ0v) is 10.3. The van der Waals surface area contributed by atoms with Crippen LogP contribution in [-0.2, 0) is 9.53 Å². The molecular formula is C12H18N4O2. The number of nitrogens with two attached hydrogens (primary N) is 2. The molecule has 0 aliphatic carbocycles. The third kappa shape index (κ3) is 2.33. The highest BCUT2D eigenvalue weighted by Gasteiger charge is 2.29. The molecule has 0 aromatic heterocycles. The Kier molecular flexibility index (Phi) is 3.57. The molecule has 0 spiro atoms. The SMILES string of the molecule is CNC(=O)C1COCCN1c1ccc(N)c(N)c1. The van der Waals surface area contributed by atoms with E-state index in [4.69, 9.17) is 16.2 Å². The Morgan fingerprint density at radius 3 is 2.89 bits per heavy atom. The average molecular weight is 250 g/mol. The van der Waals surface area contributed by atoms with Crippen LogP contribution in [0, 0.1) is 0 Å². The number of carbonyl (C=O) groups excluding carboxylic acids is 1. The van der Waals surface area contributed by atoms with Crippen LogP contribution in [0.1, 0.15) is 0 Å². The highest BCUT2D eigenvalue weighted by atomic mass is 16.5. The van der Waals surface area contributed by atoms with Crippen molar-refractivity contribution in [3.8, 4) is 0 Å². The molecule has 1 heterocycles. The van der Waals surface area contributed by atoms with Gasteiger partial charge >= 0.3 is 0 Å². The van der Waals surface area contributed by atoms with Crippen LogP contribution in [0.15, 0.2) is 18.2 Å². The number of benzene rings is 1. The Morgan fingerprint density at radius 2 is 2.22 bits per heavy atom. The second-order valence-electron chi connectivity index (χ2n) is 4.21. The summed E-state index contributed by atoms with van der Waals surface area (Å²) >= 11 is 0. The van der Waals surface area contributed by atoms with Crippen LogP contribution in [0.4, 0.5) is 17.1 Å². The second-order valence-corrected chi connectivity index (χ2v) is 4.21. The predicted octanol–water partition coefficient (Wildman–Crippen LogP) is -0.198. The summed E-state index contributed by atoms with van der Waals surface area (Å²) in [5, 5.41) is 2.64. The summed E-state index contributed by atoms with van der Waals surface area (Å²) in [7, 11) is 1.62. The van der Waals surface area contributed by atoms with E-state index in [0.29, 0.717) is 31.1 Å². The van der Waals surface area contributed by atoms with Crippen molar-refractivity contribution in [2.24, 2.45) is 0 Å². The van der Waals surface area contributed by atoms with Gasteiger partial charge in [-0.3, -0.25) is 4.79 Å². The number of hydrogen-bond donors (Lipinski definition) is 3. The van der Waals surface area contributed by atoms with E-state index in [-0.39, 0.29) is 11.9 Å². The largest absolute Gasteiger partial charge is 0.397 e. The van der Waals surface area contributed by atoms with Gasteiger partial charge in [0, 0.05) is 19.3 Å². The standard InChI is InChI=1S/C12H18N4O2/c1-15-12(17)11-7-18-5-4-16(11)8-2-3-9(13)10(14)6-8/h2-3,6,11H,4-5,7,13-14H2,1H3,(H,15,17). The van der Waals surface area contributed by atoms with Gasteiger partial charge in [0.25, 0.3) is 0 Å². The van der Waals surface area contributed by atoms with Crippen LogP contribution >= 0.6 is 0 Å². The molecule has 1 aliphatic rings. The smallest absolute Gasteiger partial charge is 0.244 e. The number of carbonyl (C=O) groups is 1. The van der Waals surface area contributed by atoms with Gasteiger partial charge in [-0.15, -0.1) is 0 Å². The van der Waals surface area contributed by atoms with E-state index in [0.717, 1.165) is 5.69 Å². The molecule has 1 unspecified atom stereocenters. The highest BCUT2D eigenvalue weighted by molar-refractivity contribution is 5.86. The topological polar surface area (TPSA) is 93.6 Å². The first-order valence-corrected chi connectivity index (χ1v) is 5.84. The zero-order chi connectivity index (χ0) is 13.1. The molecule has 1 fully saturated rings. The van der Waals surface area contributed by atoms with Crippen molar-refractivity contribution in [2.75, 3.05) is 43.2 Å². The van der Waals surface area contributed by atoms with Crippen molar-refractivity contribution >= 4 is 23.0 Å². The van der Waals surface area contributed by atoms with Crippen LogP contribution < -0.4 is 21.7 Å². The molecule has 1 aromatic carbocycles. The van der Waals surface area contributed by atoms with E-state index < -0.39 is 0 Å². The second kappa shape index (κ2) is 5.14. The van der Waals surface area contributed by atoms with E-state index in [2.05, 4.69) is 5.32 Å². The number of anilines is 3. The van der Waals surface area contributed by atoms with Gasteiger partial charge in [0.1, 0.15) is 6.04 Å². The summed E-state index contributed by atoms with van der Waals surface area (Å²) in [5.74, 6) is -0.0647. The minimum Gasteiger partial charge on any atom is -0.397 e. The molecule has 18 heavy (non-hydrogen) atoms. The first-order chi connectivity index (χ1) is 8.63. The van der Waals surface area contributed by atoms with Crippen LogP contribution in [-0.4, -0.2) is 38.8 Å². The molecule has 6 nitrogen and oxygen atoms in total. The number of nitrogens with one attached hydrogen (secondary N) is 1. The number of morpholine rings is 1. The minimum absolute atomic E-state index is 0.0647. The molecule has 1 aliphatic heterocycles. The maximum absolute atomic E-state index is 11.8. The van der Waals surface area contributed by atoms with Gasteiger partial charge in [-0.1, -0.05) is 0 Å². The fourth-order valence-corrected chi connectivity index (χ4v) is 2.04. The molecule has 2 rings (SSSR count). The molecule has 0 radical (unpaired) electrons. The maximum Gasteiger partial charge on any atom is 0.244 e. The Hall–Kier alpha value is -1.95. The lowest BCUT2D eigenvalue weighted by atomic mass is 10.1. The van der Waals surface area contributed by atoms with Crippen molar-refractivity contribution in [2.45, 2.75) is 6.04 Å². The quantitative estimate of drug-likeness (QED) is 0.632. The number of nitrogen functional groups attached to an aromatic ring is 2. The lowest BCUT2D eigenvalue weighted by molar-refractivity contribution is -0.124. The van der Waals surface area contributed by atoms with Crippen molar-refractivity contribution in [3.63, 3.8) is 0 Å². The first-order valence-electron chi connectivity index (χ1n) is 5.84. The van der Waals surface area contributed by atoms with Gasteiger partial charge in [-0.2, -0.15) is 0 Å². The summed E-state index contributed by atoms with van der Waals surface area (Å²) in [5.41, 5.74) is 13.4. The highest BCUT2D eigenvalue weighted by Crippen LogP contribution is 2.25. The number of nitrogens with zero attached hydrogens (tertiary/aromatic N) is 1. The molecule has 1 saturated heterocycles. The molecule has 6 heteroatoms. The lowest BCUT2D eigenvalue weighted by Crippen LogP contribution is -2.53. The Bertz CT molecular complexity index is 450. The Balaban J connectivity index is 2.27. The van der Waals surface area contributed by atoms with Crippen LogP contribution in [0.5, 0.6) is 0 Å². The average Bonchev–Trinajstić information content (AvgIpc) is 2.41. The monoisotopic (exact) mass is 250 g/mol. The fourth-order valence-electron chi connectivity index (χ4n) is 2.04. The van der Waals surface area contributed by atoms with Crippen molar-refractivity contribution in [3.05, 3.63) is 18.2 Å². The Labute approximate surface area is 106 Å². The first kappa shape index (κ1) is 12.5. The van der Waals surface area contributed by atoms with Gasteiger partial charge < -0.3 is 26.4 Å². The van der Waals surface area contributed by atoms with Crippen molar-refractivity contribution in [1.29, 1.82) is 0 Å². The fraction of sp³-hybridized carbons (Fsp3) is 0.417. The third-order valence-electron chi connectivity index (χ3n) is 3.08. The molecule has 1 atom stereocenters. The molecular weight excluding hydrogens is 232 g/mol. The van der Waals surface area contributed by atoms with E-state index in [1.54, 1.807) is 19.2 Å². The summed E-state index contributed by atoms with van der Waals surface area (Å²) in [6, 6.07) is 5.08. The van der Waals surface area contributed by atoms with E-state index >= 15 is 0 Å². The van der Waals surface area contributed by atoms with E-state index in [9.17, 15) is 4.79 Å². The molecule has 5 N–H and O–H groups in total. The molecule has 1 amide bonds. The predicted molar refractivity (Wildman–Crippen MR) is 71.3 cm³/mol. The molecule has 0 saturated carbocycles. The molecule has 98 valence electrons. The third-order valence-corrected chi connectivity index (χ3v) is 3.08. The Morgan fingerprint density at radius 1 is 1.44 bits per heavy atom. The van der Waals surface area contributed by atoms with Gasteiger partial charge in [-0.25, -0.2) is 0 Å². The minimum atomic E-state index is -0.327. The number of ether oxygens (including phenoxy) is 1. The zero-order valence-electron chi connectivity index (χ0n) is 10.3. The van der Waals surface area contributed by atoms with Crippen LogP contribution in [0.2, 0.25) is 0 Å².